The van der Waals surface area contributed by atoms with Gasteiger partial charge in [0.15, 0.2) is 0 Å². The number of aliphatic hydroxyl groups is 1. The first-order chi connectivity index (χ1) is 10.3. The van der Waals surface area contributed by atoms with Crippen LogP contribution >= 0.6 is 0 Å². The standard InChI is InChI=1S/C12H19N7O2/c1-13-10-16-11(14-4-3-8-21-9-7-20)18-12(17-10)19-6-2-5-15-19/h2,5-6,20H,3-4,7-9H2,1H3,(H2,13,14,16,17,18). The number of hydrogen-bond acceptors (Lipinski definition) is 8. The molecule has 0 unspecified atom stereocenters. The van der Waals surface area contributed by atoms with E-state index in [9.17, 15) is 0 Å². The molecule has 0 aliphatic rings. The van der Waals surface area contributed by atoms with Crippen molar-refractivity contribution in [2.24, 2.45) is 0 Å². The highest BCUT2D eigenvalue weighted by molar-refractivity contribution is 5.37. The molecule has 0 saturated carbocycles. The molecule has 0 aromatic carbocycles. The maximum absolute atomic E-state index is 8.60. The predicted octanol–water partition coefficient (Wildman–Crippen LogP) is -0.0901. The molecule has 0 spiro atoms. The third-order valence-electron chi connectivity index (χ3n) is 2.54. The van der Waals surface area contributed by atoms with E-state index in [0.717, 1.165) is 6.42 Å². The van der Waals surface area contributed by atoms with Crippen LogP contribution in [0.4, 0.5) is 11.9 Å². The van der Waals surface area contributed by atoms with Gasteiger partial charge in [0.2, 0.25) is 11.9 Å². The number of rotatable bonds is 9. The third kappa shape index (κ3) is 4.65. The largest absolute Gasteiger partial charge is 0.394 e. The average Bonchev–Trinajstić information content (AvgIpc) is 3.05. The molecule has 114 valence electrons. The third-order valence-corrected chi connectivity index (χ3v) is 2.54. The van der Waals surface area contributed by atoms with Gasteiger partial charge in [-0.05, 0) is 12.5 Å². The maximum Gasteiger partial charge on any atom is 0.257 e. The molecule has 2 rings (SSSR count). The molecule has 0 radical (unpaired) electrons. The predicted molar refractivity (Wildman–Crippen MR) is 77.5 cm³/mol. The summed E-state index contributed by atoms with van der Waals surface area (Å²) in [5, 5.41) is 18.7. The lowest BCUT2D eigenvalue weighted by molar-refractivity contribution is 0.0921. The normalized spacial score (nSPS) is 10.6. The van der Waals surface area contributed by atoms with Crippen LogP contribution < -0.4 is 10.6 Å². The fraction of sp³-hybridized carbons (Fsp3) is 0.500. The van der Waals surface area contributed by atoms with E-state index >= 15 is 0 Å². The van der Waals surface area contributed by atoms with E-state index in [-0.39, 0.29) is 6.61 Å². The Bertz CT molecular complexity index is 532. The van der Waals surface area contributed by atoms with Gasteiger partial charge in [0, 0.05) is 32.6 Å². The lowest BCUT2D eigenvalue weighted by Gasteiger charge is -2.08. The molecular weight excluding hydrogens is 274 g/mol. The molecule has 9 nitrogen and oxygen atoms in total. The van der Waals surface area contributed by atoms with Gasteiger partial charge in [-0.25, -0.2) is 4.68 Å². The van der Waals surface area contributed by atoms with E-state index in [4.69, 9.17) is 9.84 Å². The van der Waals surface area contributed by atoms with Crippen molar-refractivity contribution in [1.29, 1.82) is 0 Å². The minimum Gasteiger partial charge on any atom is -0.394 e. The molecular formula is C12H19N7O2. The minimum absolute atomic E-state index is 0.0413. The van der Waals surface area contributed by atoms with Crippen LogP contribution in [0.5, 0.6) is 0 Å². The SMILES string of the molecule is CNc1nc(NCCCOCCO)nc(-n2cccn2)n1. The maximum atomic E-state index is 8.60. The Hall–Kier alpha value is -2.26. The quantitative estimate of drug-likeness (QED) is 0.550. The van der Waals surface area contributed by atoms with Crippen LogP contribution in [0, 0.1) is 0 Å². The van der Waals surface area contributed by atoms with Crippen molar-refractivity contribution in [3.63, 3.8) is 0 Å². The second-order valence-corrected chi connectivity index (χ2v) is 4.10. The molecule has 3 N–H and O–H groups in total. The zero-order chi connectivity index (χ0) is 14.9. The Kier molecular flexibility index (Phi) is 5.85. The smallest absolute Gasteiger partial charge is 0.257 e. The zero-order valence-electron chi connectivity index (χ0n) is 11.9. The number of hydrogen-bond donors (Lipinski definition) is 3. The van der Waals surface area contributed by atoms with Gasteiger partial charge >= 0.3 is 0 Å². The number of ether oxygens (including phenoxy) is 1. The molecule has 2 aromatic rings. The number of anilines is 2. The van der Waals surface area contributed by atoms with Gasteiger partial charge in [0.1, 0.15) is 0 Å². The van der Waals surface area contributed by atoms with Gasteiger partial charge in [0.05, 0.1) is 13.2 Å². The zero-order valence-corrected chi connectivity index (χ0v) is 11.9. The Labute approximate surface area is 122 Å². The summed E-state index contributed by atoms with van der Waals surface area (Å²) in [4.78, 5) is 12.8. The minimum atomic E-state index is 0.0413. The monoisotopic (exact) mass is 293 g/mol. The fourth-order valence-electron chi connectivity index (χ4n) is 1.59. The van der Waals surface area contributed by atoms with E-state index in [1.165, 1.54) is 0 Å². The van der Waals surface area contributed by atoms with Gasteiger partial charge < -0.3 is 20.5 Å². The number of nitrogens with zero attached hydrogens (tertiary/aromatic N) is 5. The number of nitrogens with one attached hydrogen (secondary N) is 2. The van der Waals surface area contributed by atoms with Crippen LogP contribution in [0.1, 0.15) is 6.42 Å². The lowest BCUT2D eigenvalue weighted by atomic mass is 10.4. The summed E-state index contributed by atoms with van der Waals surface area (Å²) < 4.78 is 6.75. The van der Waals surface area contributed by atoms with Crippen LogP contribution in [0.2, 0.25) is 0 Å². The van der Waals surface area contributed by atoms with Crippen molar-refractivity contribution in [2.45, 2.75) is 6.42 Å². The fourth-order valence-corrected chi connectivity index (χ4v) is 1.59. The Morgan fingerprint density at radius 3 is 2.81 bits per heavy atom. The van der Waals surface area contributed by atoms with Gasteiger partial charge in [-0.15, -0.1) is 0 Å². The van der Waals surface area contributed by atoms with Crippen LogP contribution in [-0.2, 0) is 4.74 Å². The highest BCUT2D eigenvalue weighted by Gasteiger charge is 2.07. The molecule has 0 atom stereocenters. The molecule has 9 heteroatoms. The second-order valence-electron chi connectivity index (χ2n) is 4.10. The van der Waals surface area contributed by atoms with Crippen LogP contribution in [0.25, 0.3) is 5.95 Å². The van der Waals surface area contributed by atoms with Crippen LogP contribution in [0.3, 0.4) is 0 Å². The van der Waals surface area contributed by atoms with E-state index in [1.807, 2.05) is 0 Å². The molecule has 0 aliphatic carbocycles. The molecule has 0 saturated heterocycles. The molecule has 2 heterocycles. The number of aromatic nitrogens is 5. The Morgan fingerprint density at radius 2 is 2.10 bits per heavy atom. The van der Waals surface area contributed by atoms with Crippen molar-refractivity contribution in [3.05, 3.63) is 18.5 Å². The first-order valence-electron chi connectivity index (χ1n) is 6.70. The van der Waals surface area contributed by atoms with E-state index in [0.29, 0.717) is 37.6 Å². The molecule has 2 aromatic heterocycles. The second kappa shape index (κ2) is 8.12. The van der Waals surface area contributed by atoms with Crippen molar-refractivity contribution >= 4 is 11.9 Å². The first-order valence-corrected chi connectivity index (χ1v) is 6.70. The molecule has 0 amide bonds. The van der Waals surface area contributed by atoms with E-state index in [2.05, 4.69) is 30.7 Å². The van der Waals surface area contributed by atoms with Crippen molar-refractivity contribution in [1.82, 2.24) is 24.7 Å². The number of aliphatic hydroxyl groups excluding tert-OH is 1. The van der Waals surface area contributed by atoms with Crippen molar-refractivity contribution < 1.29 is 9.84 Å². The summed E-state index contributed by atoms with van der Waals surface area (Å²) in [5.74, 6) is 1.38. The van der Waals surface area contributed by atoms with Crippen molar-refractivity contribution in [3.8, 4) is 5.95 Å². The van der Waals surface area contributed by atoms with Gasteiger partial charge in [-0.2, -0.15) is 20.1 Å². The molecule has 0 fully saturated rings. The summed E-state index contributed by atoms with van der Waals surface area (Å²) in [7, 11) is 1.74. The van der Waals surface area contributed by atoms with Gasteiger partial charge in [-0.3, -0.25) is 0 Å². The lowest BCUT2D eigenvalue weighted by Crippen LogP contribution is -2.13. The molecule has 0 aliphatic heterocycles. The van der Waals surface area contributed by atoms with Gasteiger partial charge in [-0.1, -0.05) is 0 Å². The summed E-state index contributed by atoms with van der Waals surface area (Å²) >= 11 is 0. The van der Waals surface area contributed by atoms with Crippen LogP contribution in [0.15, 0.2) is 18.5 Å². The highest BCUT2D eigenvalue weighted by atomic mass is 16.5. The highest BCUT2D eigenvalue weighted by Crippen LogP contribution is 2.08. The van der Waals surface area contributed by atoms with E-state index < -0.39 is 0 Å². The summed E-state index contributed by atoms with van der Waals surface area (Å²) in [5.41, 5.74) is 0. The van der Waals surface area contributed by atoms with Gasteiger partial charge in [0.25, 0.3) is 5.95 Å². The first kappa shape index (κ1) is 15.1. The Morgan fingerprint density at radius 1 is 1.24 bits per heavy atom. The Balaban J connectivity index is 1.94. The summed E-state index contributed by atoms with van der Waals surface area (Å²) in [6, 6.07) is 1.80. The molecule has 21 heavy (non-hydrogen) atoms. The van der Waals surface area contributed by atoms with Crippen LogP contribution in [-0.4, -0.2) is 63.3 Å². The average molecular weight is 293 g/mol. The molecule has 0 bridgehead atoms. The topological polar surface area (TPSA) is 110 Å². The van der Waals surface area contributed by atoms with E-state index in [1.54, 1.807) is 30.2 Å². The van der Waals surface area contributed by atoms with Crippen molar-refractivity contribution in [2.75, 3.05) is 44.0 Å². The summed E-state index contributed by atoms with van der Waals surface area (Å²) in [6.45, 7) is 1.64. The summed E-state index contributed by atoms with van der Waals surface area (Å²) in [6.07, 6.45) is 4.22.